The molecule has 8 heteroatoms. The molecule has 0 spiro atoms. The molecule has 8 nitrogen and oxygen atoms in total. The van der Waals surface area contributed by atoms with Gasteiger partial charge in [-0.05, 0) is 44.1 Å². The van der Waals surface area contributed by atoms with Crippen LogP contribution in [0.5, 0.6) is 0 Å². The standard InChI is InChI=1S/C23H31N3O5/c1-16-8-6-7-11-18(16)24-19(27)15-31-20(28)14-26-21(29)23(2,25-22(26)30)13-12-17-9-4-3-5-10-17/h3-5,9-10,16,18H,6-8,11-15H2,1-2H3,(H,24,27)(H,25,30)/t16-,18-,23+/m0/s1. The fraction of sp³-hybridized carbons (Fsp3) is 0.565. The lowest BCUT2D eigenvalue weighted by atomic mass is 9.86. The quantitative estimate of drug-likeness (QED) is 0.487. The Labute approximate surface area is 182 Å². The average Bonchev–Trinajstić information content (AvgIpc) is 2.96. The van der Waals surface area contributed by atoms with E-state index in [-0.39, 0.29) is 11.9 Å². The van der Waals surface area contributed by atoms with Crippen LogP contribution in [0.2, 0.25) is 0 Å². The lowest BCUT2D eigenvalue weighted by Gasteiger charge is -2.29. The second kappa shape index (κ2) is 9.94. The maximum absolute atomic E-state index is 12.8. The van der Waals surface area contributed by atoms with Crippen LogP contribution in [0, 0.1) is 5.92 Å². The van der Waals surface area contributed by atoms with E-state index in [1.54, 1.807) is 6.92 Å². The molecule has 4 amide bonds. The summed E-state index contributed by atoms with van der Waals surface area (Å²) in [7, 11) is 0. The molecule has 2 fully saturated rings. The van der Waals surface area contributed by atoms with E-state index < -0.39 is 36.6 Å². The number of imide groups is 1. The molecule has 1 aliphatic heterocycles. The number of amides is 4. The Bertz CT molecular complexity index is 828. The van der Waals surface area contributed by atoms with Gasteiger partial charge < -0.3 is 15.4 Å². The van der Waals surface area contributed by atoms with Crippen molar-refractivity contribution in [2.75, 3.05) is 13.2 Å². The zero-order chi connectivity index (χ0) is 22.4. The Hall–Kier alpha value is -2.90. The number of rotatable bonds is 8. The highest BCUT2D eigenvalue weighted by molar-refractivity contribution is 6.08. The van der Waals surface area contributed by atoms with Crippen molar-refractivity contribution in [3.8, 4) is 0 Å². The van der Waals surface area contributed by atoms with Crippen LogP contribution in [0.3, 0.4) is 0 Å². The van der Waals surface area contributed by atoms with E-state index in [0.717, 1.165) is 29.7 Å². The summed E-state index contributed by atoms with van der Waals surface area (Å²) in [5, 5.41) is 5.58. The first-order valence-electron chi connectivity index (χ1n) is 10.9. The molecule has 31 heavy (non-hydrogen) atoms. The number of carbonyl (C=O) groups is 4. The smallest absolute Gasteiger partial charge is 0.326 e. The minimum absolute atomic E-state index is 0.0937. The van der Waals surface area contributed by atoms with E-state index in [9.17, 15) is 19.2 Å². The minimum atomic E-state index is -1.08. The molecule has 0 bridgehead atoms. The Morgan fingerprint density at radius 1 is 1.19 bits per heavy atom. The summed E-state index contributed by atoms with van der Waals surface area (Å²) in [6.45, 7) is 2.82. The summed E-state index contributed by atoms with van der Waals surface area (Å²) in [5.74, 6) is -1.22. The summed E-state index contributed by atoms with van der Waals surface area (Å²) < 4.78 is 5.01. The fourth-order valence-electron chi connectivity index (χ4n) is 4.20. The molecular formula is C23H31N3O5. The largest absolute Gasteiger partial charge is 0.454 e. The van der Waals surface area contributed by atoms with Crippen LogP contribution in [0.1, 0.15) is 51.5 Å². The Balaban J connectivity index is 1.46. The number of nitrogens with one attached hydrogen (secondary N) is 2. The molecule has 2 N–H and O–H groups in total. The molecule has 0 radical (unpaired) electrons. The molecule has 1 heterocycles. The third-order valence-corrected chi connectivity index (χ3v) is 6.21. The highest BCUT2D eigenvalue weighted by atomic mass is 16.5. The third kappa shape index (κ3) is 5.83. The second-order valence-electron chi connectivity index (χ2n) is 8.74. The van der Waals surface area contributed by atoms with Gasteiger partial charge in [-0.1, -0.05) is 50.1 Å². The number of hydrogen-bond acceptors (Lipinski definition) is 5. The maximum Gasteiger partial charge on any atom is 0.326 e. The topological polar surface area (TPSA) is 105 Å². The number of carbonyl (C=O) groups excluding carboxylic acids is 4. The second-order valence-corrected chi connectivity index (χ2v) is 8.74. The Morgan fingerprint density at radius 3 is 2.61 bits per heavy atom. The first-order chi connectivity index (χ1) is 14.8. The highest BCUT2D eigenvalue weighted by Gasteiger charge is 2.48. The van der Waals surface area contributed by atoms with Gasteiger partial charge in [0.25, 0.3) is 11.8 Å². The molecule has 1 aliphatic carbocycles. The van der Waals surface area contributed by atoms with Gasteiger partial charge in [0.05, 0.1) is 0 Å². The predicted molar refractivity (Wildman–Crippen MR) is 114 cm³/mol. The maximum atomic E-state index is 12.8. The van der Waals surface area contributed by atoms with Crippen molar-refractivity contribution in [2.24, 2.45) is 5.92 Å². The number of urea groups is 1. The van der Waals surface area contributed by atoms with Crippen LogP contribution < -0.4 is 10.6 Å². The van der Waals surface area contributed by atoms with Crippen molar-refractivity contribution >= 4 is 23.8 Å². The number of benzene rings is 1. The van der Waals surface area contributed by atoms with E-state index in [2.05, 4.69) is 17.6 Å². The van der Waals surface area contributed by atoms with Gasteiger partial charge in [-0.25, -0.2) is 4.79 Å². The highest BCUT2D eigenvalue weighted by Crippen LogP contribution is 2.24. The molecule has 1 saturated heterocycles. The monoisotopic (exact) mass is 429 g/mol. The first kappa shape index (κ1) is 22.8. The van der Waals surface area contributed by atoms with Crippen molar-refractivity contribution in [3.05, 3.63) is 35.9 Å². The molecule has 0 unspecified atom stereocenters. The van der Waals surface area contributed by atoms with Crippen molar-refractivity contribution < 1.29 is 23.9 Å². The molecule has 168 valence electrons. The number of esters is 1. The summed E-state index contributed by atoms with van der Waals surface area (Å²) >= 11 is 0. The van der Waals surface area contributed by atoms with Crippen molar-refractivity contribution in [3.63, 3.8) is 0 Å². The zero-order valence-electron chi connectivity index (χ0n) is 18.2. The van der Waals surface area contributed by atoms with Gasteiger partial charge in [0.2, 0.25) is 0 Å². The van der Waals surface area contributed by atoms with E-state index in [0.29, 0.717) is 18.8 Å². The van der Waals surface area contributed by atoms with E-state index in [1.165, 1.54) is 6.42 Å². The van der Waals surface area contributed by atoms with Crippen LogP contribution in [0.25, 0.3) is 0 Å². The molecule has 1 aromatic carbocycles. The van der Waals surface area contributed by atoms with Gasteiger partial charge in [0.15, 0.2) is 6.61 Å². The van der Waals surface area contributed by atoms with Crippen molar-refractivity contribution in [1.29, 1.82) is 0 Å². The number of hydrogen-bond donors (Lipinski definition) is 2. The molecule has 3 rings (SSSR count). The number of nitrogens with zero attached hydrogens (tertiary/aromatic N) is 1. The van der Waals surface area contributed by atoms with Crippen molar-refractivity contribution in [1.82, 2.24) is 15.5 Å². The van der Waals surface area contributed by atoms with E-state index in [1.807, 2.05) is 30.3 Å². The van der Waals surface area contributed by atoms with Crippen LogP contribution in [0.4, 0.5) is 4.79 Å². The Kier molecular flexibility index (Phi) is 7.30. The molecule has 0 aromatic heterocycles. The SMILES string of the molecule is C[C@H]1CCCC[C@@H]1NC(=O)COC(=O)CN1C(=O)N[C@](C)(CCc2ccccc2)C1=O. The van der Waals surface area contributed by atoms with Gasteiger partial charge in [-0.2, -0.15) is 0 Å². The number of aryl methyl sites for hydroxylation is 1. The Morgan fingerprint density at radius 2 is 1.90 bits per heavy atom. The van der Waals surface area contributed by atoms with Crippen LogP contribution in [-0.2, 0) is 25.5 Å². The zero-order valence-corrected chi connectivity index (χ0v) is 18.2. The molecule has 1 saturated carbocycles. The normalized spacial score (nSPS) is 25.8. The summed E-state index contributed by atoms with van der Waals surface area (Å²) in [6.07, 6.45) is 5.25. The minimum Gasteiger partial charge on any atom is -0.454 e. The van der Waals surface area contributed by atoms with Gasteiger partial charge >= 0.3 is 12.0 Å². The first-order valence-corrected chi connectivity index (χ1v) is 10.9. The molecule has 2 aliphatic rings. The molecule has 1 aromatic rings. The summed E-state index contributed by atoms with van der Waals surface area (Å²) in [5.41, 5.74) is -0.0243. The van der Waals surface area contributed by atoms with Crippen molar-refractivity contribution in [2.45, 2.75) is 64.0 Å². The number of ether oxygens (including phenoxy) is 1. The van der Waals surface area contributed by atoms with Gasteiger partial charge in [-0.15, -0.1) is 0 Å². The van der Waals surface area contributed by atoms with Gasteiger partial charge in [-0.3, -0.25) is 19.3 Å². The third-order valence-electron chi connectivity index (χ3n) is 6.21. The van der Waals surface area contributed by atoms with Crippen LogP contribution in [0.15, 0.2) is 30.3 Å². The van der Waals surface area contributed by atoms with E-state index >= 15 is 0 Å². The van der Waals surface area contributed by atoms with E-state index in [4.69, 9.17) is 4.74 Å². The lowest BCUT2D eigenvalue weighted by molar-refractivity contribution is -0.151. The lowest BCUT2D eigenvalue weighted by Crippen LogP contribution is -2.45. The summed E-state index contributed by atoms with van der Waals surface area (Å²) in [4.78, 5) is 50.2. The van der Waals surface area contributed by atoms with Crippen LogP contribution in [-0.4, -0.2) is 53.4 Å². The molecule has 3 atom stereocenters. The van der Waals surface area contributed by atoms with Gasteiger partial charge in [0.1, 0.15) is 12.1 Å². The average molecular weight is 430 g/mol. The summed E-state index contributed by atoms with van der Waals surface area (Å²) in [6, 6.07) is 9.13. The van der Waals surface area contributed by atoms with Gasteiger partial charge in [0, 0.05) is 6.04 Å². The van der Waals surface area contributed by atoms with Crippen LogP contribution >= 0.6 is 0 Å². The fourth-order valence-corrected chi connectivity index (χ4v) is 4.20. The predicted octanol–water partition coefficient (Wildman–Crippen LogP) is 2.17. The molecular weight excluding hydrogens is 398 g/mol.